The van der Waals surface area contributed by atoms with Gasteiger partial charge in [0.05, 0.1) is 0 Å². The Hall–Kier alpha value is -0.210. The molecule has 0 saturated carbocycles. The van der Waals surface area contributed by atoms with Crippen molar-refractivity contribution in [2.24, 2.45) is 11.5 Å². The van der Waals surface area contributed by atoms with E-state index in [2.05, 4.69) is 0 Å². The molecule has 0 aliphatic rings. The van der Waals surface area contributed by atoms with Crippen LogP contribution in [0, 0.1) is 0 Å². The van der Waals surface area contributed by atoms with E-state index in [4.69, 9.17) is 16.0 Å². The van der Waals surface area contributed by atoms with Crippen LogP contribution >= 0.6 is 0 Å². The summed E-state index contributed by atoms with van der Waals surface area (Å²) in [4.78, 5) is 0. The van der Waals surface area contributed by atoms with Crippen molar-refractivity contribution in [1.29, 1.82) is 0 Å². The molecule has 0 spiro atoms. The molecule has 0 atom stereocenters. The normalized spacial score (nSPS) is 12.5. The molecule has 50 valence electrons. The molecule has 0 bridgehead atoms. The van der Waals surface area contributed by atoms with E-state index in [9.17, 15) is 8.42 Å². The molecule has 6 nitrogen and oxygen atoms in total. The molecule has 0 unspecified atom stereocenters. The summed E-state index contributed by atoms with van der Waals surface area (Å²) in [6.07, 6.45) is -1.25. The van der Waals surface area contributed by atoms with Gasteiger partial charge in [-0.3, -0.25) is 4.55 Å². The van der Waals surface area contributed by atoms with Crippen LogP contribution in [-0.2, 0) is 10.3 Å². The van der Waals surface area contributed by atoms with Gasteiger partial charge in [0.2, 0.25) is 0 Å². The topological polar surface area (TPSA) is 118 Å². The fraction of sp³-hybridized carbons (Fsp3) is 1.00. The van der Waals surface area contributed by atoms with Gasteiger partial charge in [-0.25, -0.2) is 0 Å². The van der Waals surface area contributed by atoms with E-state index in [1.807, 2.05) is 0 Å². The average molecular weight is 141 g/mol. The lowest BCUT2D eigenvalue weighted by atomic mass is 11.0. The summed E-state index contributed by atoms with van der Waals surface area (Å²) in [6.45, 7) is 0. The Kier molecular flexibility index (Phi) is 2.31. The molecule has 0 saturated heterocycles. The third-order valence-electron chi connectivity index (χ3n) is 0.285. The number of nitrogens with two attached hydrogens (primary N) is 2. The molecule has 0 fully saturated rings. The third-order valence-corrected chi connectivity index (χ3v) is 0.855. The summed E-state index contributed by atoms with van der Waals surface area (Å²) in [5.74, 6) is 0. The van der Waals surface area contributed by atoms with Gasteiger partial charge >= 0.3 is 10.3 Å². The van der Waals surface area contributed by atoms with Gasteiger partial charge in [0.1, 0.15) is 6.29 Å². The molecule has 0 aromatic heterocycles. The van der Waals surface area contributed by atoms with Crippen molar-refractivity contribution in [2.75, 3.05) is 0 Å². The monoisotopic (exact) mass is 141 g/mol. The maximum atomic E-state index is 9.73. The molecule has 7 heteroatoms. The van der Waals surface area contributed by atoms with Gasteiger partial charge in [-0.1, -0.05) is 0 Å². The van der Waals surface area contributed by atoms with E-state index in [-0.39, 0.29) is 0 Å². The van der Waals surface area contributed by atoms with Crippen LogP contribution in [0.4, 0.5) is 0 Å². The van der Waals surface area contributed by atoms with Crippen LogP contribution < -0.4 is 16.2 Å². The maximum Gasteiger partial charge on any atom is 0.335 e. The molecule has 0 aromatic carbocycles. The average Bonchev–Trinajstić information content (AvgIpc) is 1.21. The highest BCUT2D eigenvalue weighted by Gasteiger charge is 2.03. The highest BCUT2D eigenvalue weighted by molar-refractivity contribution is 7.83. The van der Waals surface area contributed by atoms with Crippen LogP contribution in [0.3, 0.4) is 0 Å². The fourth-order valence-corrected chi connectivity index (χ4v) is 0.516. The standard InChI is InChI=1S/CH7N3O3S/c2-1(3)4-8(5,6)7/h1,4H,2-3H2,(H,5,6,7). The minimum Gasteiger partial charge on any atom is -0.303 e. The summed E-state index contributed by atoms with van der Waals surface area (Å²) in [7, 11) is -4.22. The molecule has 0 rings (SSSR count). The third kappa shape index (κ3) is 5.79. The molecule has 0 aliphatic carbocycles. The maximum absolute atomic E-state index is 9.73. The van der Waals surface area contributed by atoms with Crippen molar-refractivity contribution in [3.8, 4) is 0 Å². The van der Waals surface area contributed by atoms with Crippen molar-refractivity contribution >= 4 is 10.3 Å². The second-order valence-corrected chi connectivity index (χ2v) is 2.30. The summed E-state index contributed by atoms with van der Waals surface area (Å²) >= 11 is 0. The quantitative estimate of drug-likeness (QED) is 0.252. The van der Waals surface area contributed by atoms with E-state index < -0.39 is 16.6 Å². The second-order valence-electron chi connectivity index (χ2n) is 1.12. The fourth-order valence-electron chi connectivity index (χ4n) is 0.172. The van der Waals surface area contributed by atoms with Crippen molar-refractivity contribution in [1.82, 2.24) is 4.72 Å². The van der Waals surface area contributed by atoms with Crippen molar-refractivity contribution < 1.29 is 13.0 Å². The van der Waals surface area contributed by atoms with Gasteiger partial charge in [-0.2, -0.15) is 13.1 Å². The Labute approximate surface area is 46.7 Å². The van der Waals surface area contributed by atoms with Crippen LogP contribution in [0.5, 0.6) is 0 Å². The predicted molar refractivity (Wildman–Crippen MR) is 26.8 cm³/mol. The summed E-state index contributed by atoms with van der Waals surface area (Å²) in [6, 6.07) is 0. The van der Waals surface area contributed by atoms with Gasteiger partial charge < -0.3 is 11.5 Å². The second kappa shape index (κ2) is 2.37. The smallest absolute Gasteiger partial charge is 0.303 e. The first-order chi connectivity index (χ1) is 3.42. The van der Waals surface area contributed by atoms with Crippen molar-refractivity contribution in [3.63, 3.8) is 0 Å². The summed E-state index contributed by atoms with van der Waals surface area (Å²) in [5.41, 5.74) is 9.41. The molecule has 0 radical (unpaired) electrons. The Morgan fingerprint density at radius 3 is 1.88 bits per heavy atom. The SMILES string of the molecule is NC(N)NS(=O)(=O)O. The van der Waals surface area contributed by atoms with Crippen LogP contribution in [0.1, 0.15) is 0 Å². The highest BCUT2D eigenvalue weighted by Crippen LogP contribution is 1.68. The van der Waals surface area contributed by atoms with Crippen LogP contribution in [0.25, 0.3) is 0 Å². The zero-order valence-corrected chi connectivity index (χ0v) is 4.72. The first-order valence-corrected chi connectivity index (χ1v) is 3.12. The van der Waals surface area contributed by atoms with Gasteiger partial charge in [-0.05, 0) is 0 Å². The molecule has 8 heavy (non-hydrogen) atoms. The van der Waals surface area contributed by atoms with Gasteiger partial charge in [-0.15, -0.1) is 0 Å². The zero-order valence-electron chi connectivity index (χ0n) is 3.90. The Morgan fingerprint density at radius 2 is 1.88 bits per heavy atom. The summed E-state index contributed by atoms with van der Waals surface area (Å²) in [5, 5.41) is 0. The Morgan fingerprint density at radius 1 is 1.50 bits per heavy atom. The molecule has 0 heterocycles. The minimum absolute atomic E-state index is 1.25. The lowest BCUT2D eigenvalue weighted by molar-refractivity contribution is 0.455. The van der Waals surface area contributed by atoms with Gasteiger partial charge in [0.15, 0.2) is 0 Å². The number of nitrogens with one attached hydrogen (secondary N) is 1. The first-order valence-electron chi connectivity index (χ1n) is 1.68. The molecule has 0 aliphatic heterocycles. The largest absolute Gasteiger partial charge is 0.335 e. The van der Waals surface area contributed by atoms with E-state index in [0.717, 1.165) is 0 Å². The van der Waals surface area contributed by atoms with E-state index >= 15 is 0 Å². The van der Waals surface area contributed by atoms with Crippen molar-refractivity contribution in [2.45, 2.75) is 6.29 Å². The minimum atomic E-state index is -4.22. The van der Waals surface area contributed by atoms with Crippen LogP contribution in [-0.4, -0.2) is 19.3 Å². The van der Waals surface area contributed by atoms with Gasteiger partial charge in [0.25, 0.3) is 0 Å². The van der Waals surface area contributed by atoms with Crippen LogP contribution in [0.15, 0.2) is 0 Å². The number of hydrogen-bond acceptors (Lipinski definition) is 4. The van der Waals surface area contributed by atoms with E-state index in [1.54, 1.807) is 0 Å². The number of rotatable bonds is 2. The lowest BCUT2D eigenvalue weighted by Crippen LogP contribution is -2.47. The molecular formula is CH7N3O3S. The van der Waals surface area contributed by atoms with Crippen molar-refractivity contribution in [3.05, 3.63) is 0 Å². The lowest BCUT2D eigenvalue weighted by Gasteiger charge is -2.01. The highest BCUT2D eigenvalue weighted by atomic mass is 32.2. The Balaban J connectivity index is 3.75. The zero-order chi connectivity index (χ0) is 6.78. The van der Waals surface area contributed by atoms with Gasteiger partial charge in [0, 0.05) is 0 Å². The predicted octanol–water partition coefficient (Wildman–Crippen LogP) is -2.42. The molecule has 0 aromatic rings. The Bertz CT molecular complexity index is 148. The molecule has 0 amide bonds. The number of hydrogen-bond donors (Lipinski definition) is 4. The van der Waals surface area contributed by atoms with E-state index in [0.29, 0.717) is 0 Å². The summed E-state index contributed by atoms with van der Waals surface area (Å²) < 4.78 is 28.8. The first kappa shape index (κ1) is 7.79. The van der Waals surface area contributed by atoms with Crippen LogP contribution in [0.2, 0.25) is 0 Å². The van der Waals surface area contributed by atoms with E-state index in [1.165, 1.54) is 4.72 Å². The molecular weight excluding hydrogens is 134 g/mol. The molecule has 6 N–H and O–H groups in total.